The SMILES string of the molecule is CC1CCN(C(=O)c2cc(NC(=O)C(C)C)ccc2N2CCC(Cc3ccccc3)CC2)CC1. The van der Waals surface area contributed by atoms with Gasteiger partial charge in [0.1, 0.15) is 0 Å². The number of nitrogens with one attached hydrogen (secondary N) is 1. The van der Waals surface area contributed by atoms with Crippen LogP contribution in [0.4, 0.5) is 11.4 Å². The summed E-state index contributed by atoms with van der Waals surface area (Å²) in [6.45, 7) is 9.53. The second-order valence-corrected chi connectivity index (χ2v) is 10.5. The first-order valence-corrected chi connectivity index (χ1v) is 12.9. The average molecular weight is 462 g/mol. The standard InChI is InChI=1S/C29H39N3O2/c1-21(2)28(33)30-25-9-10-27(26(20-25)29(34)32-15-11-22(3)12-16-32)31-17-13-24(14-18-31)19-23-7-5-4-6-8-23/h4-10,20-22,24H,11-19H2,1-3H3,(H,30,33). The summed E-state index contributed by atoms with van der Waals surface area (Å²) in [5.41, 5.74) is 3.83. The van der Waals surface area contributed by atoms with Gasteiger partial charge in [0.15, 0.2) is 0 Å². The van der Waals surface area contributed by atoms with E-state index < -0.39 is 0 Å². The minimum absolute atomic E-state index is 0.0281. The zero-order valence-corrected chi connectivity index (χ0v) is 20.9. The van der Waals surface area contributed by atoms with Gasteiger partial charge in [-0.05, 0) is 67.7 Å². The molecule has 0 aliphatic carbocycles. The van der Waals surface area contributed by atoms with E-state index in [4.69, 9.17) is 0 Å². The van der Waals surface area contributed by atoms with Crippen molar-refractivity contribution in [1.82, 2.24) is 4.90 Å². The van der Waals surface area contributed by atoms with Gasteiger partial charge in [0, 0.05) is 43.5 Å². The normalized spacial score (nSPS) is 17.8. The lowest BCUT2D eigenvalue weighted by molar-refractivity contribution is -0.118. The third-order valence-electron chi connectivity index (χ3n) is 7.41. The number of hydrogen-bond donors (Lipinski definition) is 1. The highest BCUT2D eigenvalue weighted by atomic mass is 16.2. The van der Waals surface area contributed by atoms with E-state index in [0.717, 1.165) is 69.5 Å². The maximum absolute atomic E-state index is 13.6. The minimum Gasteiger partial charge on any atom is -0.371 e. The number of amides is 2. The monoisotopic (exact) mass is 461 g/mol. The van der Waals surface area contributed by atoms with Gasteiger partial charge in [-0.15, -0.1) is 0 Å². The lowest BCUT2D eigenvalue weighted by atomic mass is 9.89. The summed E-state index contributed by atoms with van der Waals surface area (Å²) >= 11 is 0. The highest BCUT2D eigenvalue weighted by Gasteiger charge is 2.27. The zero-order valence-electron chi connectivity index (χ0n) is 20.9. The number of rotatable bonds is 6. The first kappa shape index (κ1) is 24.3. The number of piperidine rings is 2. The second kappa shape index (κ2) is 11.1. The molecule has 0 saturated carbocycles. The van der Waals surface area contributed by atoms with E-state index in [1.54, 1.807) is 0 Å². The van der Waals surface area contributed by atoms with Crippen molar-refractivity contribution in [2.24, 2.45) is 17.8 Å². The Morgan fingerprint density at radius 3 is 2.26 bits per heavy atom. The number of nitrogens with zero attached hydrogens (tertiary/aromatic N) is 2. The molecule has 0 aromatic heterocycles. The van der Waals surface area contributed by atoms with Crippen LogP contribution in [0.3, 0.4) is 0 Å². The largest absolute Gasteiger partial charge is 0.371 e. The fourth-order valence-electron chi connectivity index (χ4n) is 5.05. The summed E-state index contributed by atoms with van der Waals surface area (Å²) in [5, 5.41) is 2.98. The van der Waals surface area contributed by atoms with E-state index in [1.807, 2.05) is 36.9 Å². The Hall–Kier alpha value is -2.82. The van der Waals surface area contributed by atoms with Gasteiger partial charge in [0.2, 0.25) is 5.91 Å². The van der Waals surface area contributed by atoms with Crippen molar-refractivity contribution in [3.8, 4) is 0 Å². The number of carbonyl (C=O) groups is 2. The molecule has 0 spiro atoms. The van der Waals surface area contributed by atoms with Crippen molar-refractivity contribution < 1.29 is 9.59 Å². The quantitative estimate of drug-likeness (QED) is 0.608. The van der Waals surface area contributed by atoms with Gasteiger partial charge in [-0.25, -0.2) is 0 Å². The van der Waals surface area contributed by atoms with E-state index in [-0.39, 0.29) is 17.7 Å². The van der Waals surface area contributed by atoms with Crippen molar-refractivity contribution in [2.45, 2.75) is 52.9 Å². The zero-order chi connectivity index (χ0) is 24.1. The molecule has 2 aromatic carbocycles. The number of hydrogen-bond acceptors (Lipinski definition) is 3. The molecule has 0 bridgehead atoms. The van der Waals surface area contributed by atoms with Gasteiger partial charge in [-0.2, -0.15) is 0 Å². The van der Waals surface area contributed by atoms with Crippen molar-refractivity contribution in [3.63, 3.8) is 0 Å². The maximum Gasteiger partial charge on any atom is 0.256 e. The van der Waals surface area contributed by atoms with Gasteiger partial charge in [-0.3, -0.25) is 9.59 Å². The number of carbonyl (C=O) groups excluding carboxylic acids is 2. The van der Waals surface area contributed by atoms with Crippen LogP contribution in [0.2, 0.25) is 0 Å². The fourth-order valence-corrected chi connectivity index (χ4v) is 5.05. The highest BCUT2D eigenvalue weighted by Crippen LogP contribution is 2.32. The van der Waals surface area contributed by atoms with Crippen LogP contribution in [0, 0.1) is 17.8 Å². The third kappa shape index (κ3) is 5.99. The molecule has 182 valence electrons. The van der Waals surface area contributed by atoms with Crippen molar-refractivity contribution in [2.75, 3.05) is 36.4 Å². The molecular formula is C29H39N3O2. The molecule has 0 radical (unpaired) electrons. The number of benzene rings is 2. The summed E-state index contributed by atoms with van der Waals surface area (Å²) in [6, 6.07) is 16.6. The molecule has 4 rings (SSSR count). The molecule has 5 nitrogen and oxygen atoms in total. The lowest BCUT2D eigenvalue weighted by Gasteiger charge is -2.36. The van der Waals surface area contributed by atoms with Gasteiger partial charge < -0.3 is 15.1 Å². The Labute approximate surface area is 204 Å². The van der Waals surface area contributed by atoms with Gasteiger partial charge in [0.05, 0.1) is 5.56 Å². The van der Waals surface area contributed by atoms with E-state index in [2.05, 4.69) is 47.5 Å². The molecule has 2 fully saturated rings. The summed E-state index contributed by atoms with van der Waals surface area (Å²) < 4.78 is 0. The van der Waals surface area contributed by atoms with E-state index in [0.29, 0.717) is 17.5 Å². The summed E-state index contributed by atoms with van der Waals surface area (Å²) in [7, 11) is 0. The number of likely N-dealkylation sites (tertiary alicyclic amines) is 1. The van der Waals surface area contributed by atoms with Crippen molar-refractivity contribution in [3.05, 3.63) is 59.7 Å². The summed E-state index contributed by atoms with van der Waals surface area (Å²) in [4.78, 5) is 30.3. The molecule has 5 heteroatoms. The third-order valence-corrected chi connectivity index (χ3v) is 7.41. The molecule has 0 atom stereocenters. The molecule has 2 saturated heterocycles. The molecule has 2 aromatic rings. The van der Waals surface area contributed by atoms with Gasteiger partial charge in [0.25, 0.3) is 5.91 Å². The minimum atomic E-state index is -0.106. The predicted octanol–water partition coefficient (Wildman–Crippen LogP) is 5.61. The first-order chi connectivity index (χ1) is 16.4. The van der Waals surface area contributed by atoms with Gasteiger partial charge >= 0.3 is 0 Å². The van der Waals surface area contributed by atoms with Gasteiger partial charge in [-0.1, -0.05) is 51.1 Å². The Kier molecular flexibility index (Phi) is 7.91. The van der Waals surface area contributed by atoms with Crippen LogP contribution in [-0.2, 0) is 11.2 Å². The van der Waals surface area contributed by atoms with Crippen LogP contribution in [0.25, 0.3) is 0 Å². The Morgan fingerprint density at radius 1 is 0.941 bits per heavy atom. The Morgan fingerprint density at radius 2 is 1.62 bits per heavy atom. The Balaban J connectivity index is 1.51. The van der Waals surface area contributed by atoms with Crippen LogP contribution in [0.5, 0.6) is 0 Å². The summed E-state index contributed by atoms with van der Waals surface area (Å²) in [6.07, 6.45) is 5.46. The predicted molar refractivity (Wildman–Crippen MR) is 139 cm³/mol. The molecule has 0 unspecified atom stereocenters. The van der Waals surface area contributed by atoms with E-state index in [9.17, 15) is 9.59 Å². The maximum atomic E-state index is 13.6. The number of anilines is 2. The fraction of sp³-hybridized carbons (Fsp3) is 0.517. The average Bonchev–Trinajstić information content (AvgIpc) is 2.85. The smallest absolute Gasteiger partial charge is 0.256 e. The highest BCUT2D eigenvalue weighted by molar-refractivity contribution is 6.02. The molecule has 2 aliphatic rings. The summed E-state index contributed by atoms with van der Waals surface area (Å²) in [5.74, 6) is 1.30. The topological polar surface area (TPSA) is 52.7 Å². The molecule has 2 heterocycles. The van der Waals surface area contributed by atoms with Crippen LogP contribution < -0.4 is 10.2 Å². The van der Waals surface area contributed by atoms with Crippen LogP contribution in [-0.4, -0.2) is 42.9 Å². The van der Waals surface area contributed by atoms with Crippen molar-refractivity contribution in [1.29, 1.82) is 0 Å². The van der Waals surface area contributed by atoms with Crippen LogP contribution in [0.15, 0.2) is 48.5 Å². The van der Waals surface area contributed by atoms with E-state index in [1.165, 1.54) is 5.56 Å². The molecule has 1 N–H and O–H groups in total. The van der Waals surface area contributed by atoms with E-state index >= 15 is 0 Å². The molecule has 2 amide bonds. The Bertz CT molecular complexity index is 972. The van der Waals surface area contributed by atoms with Crippen molar-refractivity contribution >= 4 is 23.2 Å². The first-order valence-electron chi connectivity index (χ1n) is 12.9. The lowest BCUT2D eigenvalue weighted by Crippen LogP contribution is -2.40. The molecule has 2 aliphatic heterocycles. The molecular weight excluding hydrogens is 422 g/mol. The van der Waals surface area contributed by atoms with Crippen LogP contribution >= 0.6 is 0 Å². The van der Waals surface area contributed by atoms with Crippen LogP contribution in [0.1, 0.15) is 62.4 Å². The second-order valence-electron chi connectivity index (χ2n) is 10.5. The molecule has 34 heavy (non-hydrogen) atoms.